The van der Waals surface area contributed by atoms with Gasteiger partial charge in [0.2, 0.25) is 17.3 Å². The summed E-state index contributed by atoms with van der Waals surface area (Å²) < 4.78 is 0. The topological polar surface area (TPSA) is 55.7 Å². The first-order valence-corrected chi connectivity index (χ1v) is 6.22. The van der Waals surface area contributed by atoms with Gasteiger partial charge in [0, 0.05) is 11.1 Å². The molecule has 0 saturated heterocycles. The van der Waals surface area contributed by atoms with Crippen molar-refractivity contribution in [2.24, 2.45) is 5.16 Å². The average molecular weight is 278 g/mol. The Bertz CT molecular complexity index is 617. The van der Waals surface area contributed by atoms with E-state index in [0.717, 1.165) is 0 Å². The number of halogens is 1. The molecule has 0 saturated carbocycles. The fourth-order valence-corrected chi connectivity index (χ4v) is 1.81. The Morgan fingerprint density at radius 1 is 1.21 bits per heavy atom. The molecule has 1 aromatic rings. The smallest absolute Gasteiger partial charge is 0.233 e. The molecule has 0 heterocycles. The van der Waals surface area contributed by atoms with Gasteiger partial charge in [0.05, 0.1) is 5.71 Å². The van der Waals surface area contributed by atoms with Gasteiger partial charge >= 0.3 is 0 Å². The van der Waals surface area contributed by atoms with Crippen molar-refractivity contribution in [2.45, 2.75) is 20.3 Å². The van der Waals surface area contributed by atoms with Crippen LogP contribution >= 0.6 is 11.6 Å². The second-order valence-electron chi connectivity index (χ2n) is 4.12. The van der Waals surface area contributed by atoms with Crippen LogP contribution in [0.5, 0.6) is 0 Å². The van der Waals surface area contributed by atoms with E-state index in [1.54, 1.807) is 31.2 Å². The van der Waals surface area contributed by atoms with E-state index >= 15 is 0 Å². The van der Waals surface area contributed by atoms with Gasteiger partial charge in [-0.25, -0.2) is 0 Å². The summed E-state index contributed by atoms with van der Waals surface area (Å²) in [7, 11) is 0. The van der Waals surface area contributed by atoms with Gasteiger partial charge in [-0.2, -0.15) is 0 Å². The lowest BCUT2D eigenvalue weighted by atomic mass is 9.93. The van der Waals surface area contributed by atoms with Crippen molar-refractivity contribution in [2.75, 3.05) is 0 Å². The van der Waals surface area contributed by atoms with E-state index in [1.165, 1.54) is 0 Å². The summed E-state index contributed by atoms with van der Waals surface area (Å²) >= 11 is 5.90. The van der Waals surface area contributed by atoms with Gasteiger partial charge in [0.1, 0.15) is 5.03 Å². The number of fused-ring (bicyclic) bond motifs is 1. The standard InChI is InChI=1S/C14H12ClNO3/c1-3-8(2)16-19-14-11(15)12(17)9-6-4-5-7-10(9)13(14)18/h4-7H,3H2,1-2H3/b16-8-. The van der Waals surface area contributed by atoms with Crippen molar-refractivity contribution < 1.29 is 14.4 Å². The maximum absolute atomic E-state index is 12.2. The number of hydrogen-bond donors (Lipinski definition) is 0. The van der Waals surface area contributed by atoms with E-state index in [2.05, 4.69) is 5.16 Å². The molecule has 1 aliphatic carbocycles. The quantitative estimate of drug-likeness (QED) is 0.629. The van der Waals surface area contributed by atoms with E-state index < -0.39 is 11.6 Å². The van der Waals surface area contributed by atoms with Gasteiger partial charge in [-0.05, 0) is 13.3 Å². The minimum atomic E-state index is -0.423. The number of allylic oxidation sites excluding steroid dienone is 2. The number of carbonyl (C=O) groups is 2. The molecular formula is C14H12ClNO3. The third kappa shape index (κ3) is 2.44. The minimum Gasteiger partial charge on any atom is -0.351 e. The molecule has 98 valence electrons. The number of benzene rings is 1. The van der Waals surface area contributed by atoms with Gasteiger partial charge in [-0.15, -0.1) is 0 Å². The maximum atomic E-state index is 12.2. The molecule has 0 N–H and O–H groups in total. The Morgan fingerprint density at radius 3 is 2.37 bits per heavy atom. The van der Waals surface area contributed by atoms with Gasteiger partial charge in [-0.1, -0.05) is 47.9 Å². The summed E-state index contributed by atoms with van der Waals surface area (Å²) in [5, 5.41) is 3.55. The first-order chi connectivity index (χ1) is 9.06. The van der Waals surface area contributed by atoms with Crippen molar-refractivity contribution in [3.05, 3.63) is 46.2 Å². The first-order valence-electron chi connectivity index (χ1n) is 5.85. The number of ketones is 2. The number of oxime groups is 1. The molecule has 2 rings (SSSR count). The Kier molecular flexibility index (Phi) is 3.81. The Balaban J connectivity index is 2.43. The summed E-state index contributed by atoms with van der Waals surface area (Å²) in [6.07, 6.45) is 0.684. The third-order valence-electron chi connectivity index (χ3n) is 2.83. The molecule has 0 aliphatic heterocycles. The van der Waals surface area contributed by atoms with Gasteiger partial charge < -0.3 is 4.84 Å². The van der Waals surface area contributed by atoms with Crippen LogP contribution in [0.1, 0.15) is 41.0 Å². The molecule has 1 aromatic carbocycles. The van der Waals surface area contributed by atoms with E-state index in [0.29, 0.717) is 17.7 Å². The van der Waals surface area contributed by atoms with E-state index in [1.807, 2.05) is 6.92 Å². The number of carbonyl (C=O) groups excluding carboxylic acids is 2. The molecule has 0 bridgehead atoms. The van der Waals surface area contributed by atoms with Crippen molar-refractivity contribution in [1.82, 2.24) is 0 Å². The summed E-state index contributed by atoms with van der Waals surface area (Å²) in [4.78, 5) is 29.3. The Labute approximate surface area is 115 Å². The zero-order valence-electron chi connectivity index (χ0n) is 10.6. The van der Waals surface area contributed by atoms with Gasteiger partial charge in [-0.3, -0.25) is 9.59 Å². The molecule has 0 spiro atoms. The first kappa shape index (κ1) is 13.5. The van der Waals surface area contributed by atoms with Crippen molar-refractivity contribution >= 4 is 28.9 Å². The lowest BCUT2D eigenvalue weighted by Crippen LogP contribution is -2.20. The second-order valence-corrected chi connectivity index (χ2v) is 4.50. The molecule has 0 fully saturated rings. The van der Waals surface area contributed by atoms with Crippen LogP contribution in [0.3, 0.4) is 0 Å². The summed E-state index contributed by atoms with van der Waals surface area (Å²) in [5.41, 5.74) is 1.29. The van der Waals surface area contributed by atoms with Crippen LogP contribution < -0.4 is 0 Å². The molecule has 0 aromatic heterocycles. The van der Waals surface area contributed by atoms with E-state index in [-0.39, 0.29) is 16.4 Å². The highest BCUT2D eigenvalue weighted by Gasteiger charge is 2.33. The lowest BCUT2D eigenvalue weighted by Gasteiger charge is -2.15. The monoisotopic (exact) mass is 277 g/mol. The summed E-state index contributed by atoms with van der Waals surface area (Å²) in [5.74, 6) is -1.05. The molecule has 0 amide bonds. The van der Waals surface area contributed by atoms with Crippen LogP contribution in [0.2, 0.25) is 0 Å². The molecular weight excluding hydrogens is 266 g/mol. The predicted octanol–water partition coefficient (Wildman–Crippen LogP) is 3.32. The normalized spacial score (nSPS) is 15.6. The fraction of sp³-hybridized carbons (Fsp3) is 0.214. The van der Waals surface area contributed by atoms with Crippen LogP contribution in [0.4, 0.5) is 0 Å². The largest absolute Gasteiger partial charge is 0.351 e. The predicted molar refractivity (Wildman–Crippen MR) is 72.5 cm³/mol. The summed E-state index contributed by atoms with van der Waals surface area (Å²) in [6, 6.07) is 6.49. The van der Waals surface area contributed by atoms with Gasteiger partial charge in [0.25, 0.3) is 0 Å². The number of Topliss-reactive ketones (excluding diaryl/α,β-unsaturated/α-hetero) is 2. The molecule has 0 atom stereocenters. The molecule has 5 heteroatoms. The molecule has 19 heavy (non-hydrogen) atoms. The van der Waals surface area contributed by atoms with Crippen LogP contribution in [0.15, 0.2) is 40.2 Å². The van der Waals surface area contributed by atoms with Crippen LogP contribution in [-0.4, -0.2) is 17.3 Å². The zero-order valence-corrected chi connectivity index (χ0v) is 11.3. The van der Waals surface area contributed by atoms with Crippen molar-refractivity contribution in [3.63, 3.8) is 0 Å². The highest BCUT2D eigenvalue weighted by Crippen LogP contribution is 2.29. The fourth-order valence-electron chi connectivity index (χ4n) is 1.59. The van der Waals surface area contributed by atoms with Crippen LogP contribution in [-0.2, 0) is 4.84 Å². The van der Waals surface area contributed by atoms with E-state index in [9.17, 15) is 9.59 Å². The number of rotatable bonds is 3. The second kappa shape index (κ2) is 5.36. The third-order valence-corrected chi connectivity index (χ3v) is 3.17. The van der Waals surface area contributed by atoms with E-state index in [4.69, 9.17) is 16.4 Å². The highest BCUT2D eigenvalue weighted by atomic mass is 35.5. The maximum Gasteiger partial charge on any atom is 0.233 e. The molecule has 4 nitrogen and oxygen atoms in total. The summed E-state index contributed by atoms with van der Waals surface area (Å²) in [6.45, 7) is 3.67. The van der Waals surface area contributed by atoms with Crippen molar-refractivity contribution in [3.8, 4) is 0 Å². The number of nitrogens with zero attached hydrogens (tertiary/aromatic N) is 1. The lowest BCUT2D eigenvalue weighted by molar-refractivity contribution is 0.0884. The van der Waals surface area contributed by atoms with Crippen LogP contribution in [0.25, 0.3) is 0 Å². The molecule has 1 aliphatic rings. The average Bonchev–Trinajstić information content (AvgIpc) is 2.44. The van der Waals surface area contributed by atoms with Crippen LogP contribution in [0, 0.1) is 0 Å². The Morgan fingerprint density at radius 2 is 1.79 bits per heavy atom. The Hall–Kier alpha value is -1.94. The molecule has 0 radical (unpaired) electrons. The minimum absolute atomic E-state index is 0.210. The SMILES string of the molecule is CC/C(C)=N\OC1=C(Cl)C(=O)c2ccccc2C1=O. The number of hydrogen-bond acceptors (Lipinski definition) is 4. The van der Waals surface area contributed by atoms with Gasteiger partial charge in [0.15, 0.2) is 0 Å². The van der Waals surface area contributed by atoms with Crippen molar-refractivity contribution in [1.29, 1.82) is 0 Å². The zero-order chi connectivity index (χ0) is 14.0. The molecule has 0 unspecified atom stereocenters. The highest BCUT2D eigenvalue weighted by molar-refractivity contribution is 6.49.